The highest BCUT2D eigenvalue weighted by Gasteiger charge is 2.07. The number of para-hydroxylation sites is 1. The van der Waals surface area contributed by atoms with Crippen LogP contribution < -0.4 is 5.32 Å². The number of carbonyl (C=O) groups is 1. The van der Waals surface area contributed by atoms with E-state index >= 15 is 0 Å². The second-order valence-electron chi connectivity index (χ2n) is 5.61. The fourth-order valence-corrected chi connectivity index (χ4v) is 2.55. The van der Waals surface area contributed by atoms with E-state index in [0.29, 0.717) is 5.56 Å². The molecule has 0 aliphatic carbocycles. The molecule has 2 aromatic carbocycles. The molecule has 116 valence electrons. The highest BCUT2D eigenvalue weighted by atomic mass is 16.1. The van der Waals surface area contributed by atoms with E-state index in [1.165, 1.54) is 0 Å². The van der Waals surface area contributed by atoms with Gasteiger partial charge >= 0.3 is 0 Å². The van der Waals surface area contributed by atoms with Crippen LogP contribution in [0.1, 0.15) is 30.1 Å². The first-order valence-electron chi connectivity index (χ1n) is 8.01. The summed E-state index contributed by atoms with van der Waals surface area (Å²) in [6.45, 7) is 2.83. The first-order chi connectivity index (χ1) is 11.3. The third kappa shape index (κ3) is 3.57. The number of unbranched alkanes of at least 4 members (excludes halogenated alkanes) is 1. The molecule has 0 radical (unpaired) electrons. The molecule has 0 aliphatic rings. The molecule has 1 aromatic heterocycles. The minimum absolute atomic E-state index is 0.0194. The van der Waals surface area contributed by atoms with Gasteiger partial charge in [0.25, 0.3) is 5.91 Å². The molecular weight excluding hydrogens is 284 g/mol. The van der Waals surface area contributed by atoms with Crippen molar-refractivity contribution in [3.05, 3.63) is 66.4 Å². The summed E-state index contributed by atoms with van der Waals surface area (Å²) in [5, 5.41) is 4.05. The van der Waals surface area contributed by atoms with Crippen LogP contribution in [-0.2, 0) is 0 Å². The SMILES string of the molecule is CCCCNC(=O)c1cccc(-c2cnc3ccccc3c2)c1. The van der Waals surface area contributed by atoms with Crippen LogP contribution in [0, 0.1) is 0 Å². The molecule has 3 rings (SSSR count). The van der Waals surface area contributed by atoms with Gasteiger partial charge in [0.05, 0.1) is 5.52 Å². The number of fused-ring (bicyclic) bond motifs is 1. The Morgan fingerprint density at radius 3 is 2.78 bits per heavy atom. The fraction of sp³-hybridized carbons (Fsp3) is 0.200. The van der Waals surface area contributed by atoms with Crippen LogP contribution in [-0.4, -0.2) is 17.4 Å². The number of aromatic nitrogens is 1. The molecule has 1 N–H and O–H groups in total. The number of rotatable bonds is 5. The van der Waals surface area contributed by atoms with Crippen molar-refractivity contribution in [3.8, 4) is 11.1 Å². The van der Waals surface area contributed by atoms with Crippen molar-refractivity contribution in [3.63, 3.8) is 0 Å². The summed E-state index contributed by atoms with van der Waals surface area (Å²) in [4.78, 5) is 16.7. The lowest BCUT2D eigenvalue weighted by atomic mass is 10.0. The third-order valence-corrected chi connectivity index (χ3v) is 3.86. The topological polar surface area (TPSA) is 42.0 Å². The highest BCUT2D eigenvalue weighted by Crippen LogP contribution is 2.23. The van der Waals surface area contributed by atoms with Crippen LogP contribution in [0.25, 0.3) is 22.0 Å². The molecule has 3 nitrogen and oxygen atoms in total. The van der Waals surface area contributed by atoms with Crippen LogP contribution in [0.15, 0.2) is 60.8 Å². The summed E-state index contributed by atoms with van der Waals surface area (Å²) in [5.41, 5.74) is 3.69. The lowest BCUT2D eigenvalue weighted by Crippen LogP contribution is -2.24. The van der Waals surface area contributed by atoms with E-state index in [-0.39, 0.29) is 5.91 Å². The summed E-state index contributed by atoms with van der Waals surface area (Å²) in [5.74, 6) is -0.0194. The van der Waals surface area contributed by atoms with Gasteiger partial charge in [-0.15, -0.1) is 0 Å². The molecule has 1 heterocycles. The van der Waals surface area contributed by atoms with Gasteiger partial charge in [0, 0.05) is 29.3 Å². The van der Waals surface area contributed by atoms with E-state index < -0.39 is 0 Å². The maximum atomic E-state index is 12.2. The van der Waals surface area contributed by atoms with Crippen molar-refractivity contribution in [1.82, 2.24) is 10.3 Å². The maximum absolute atomic E-state index is 12.2. The van der Waals surface area contributed by atoms with Crippen molar-refractivity contribution in [2.75, 3.05) is 6.54 Å². The number of nitrogens with one attached hydrogen (secondary N) is 1. The predicted octanol–water partition coefficient (Wildman–Crippen LogP) is 4.43. The second-order valence-corrected chi connectivity index (χ2v) is 5.61. The van der Waals surface area contributed by atoms with E-state index in [4.69, 9.17) is 0 Å². The zero-order valence-electron chi connectivity index (χ0n) is 13.3. The largest absolute Gasteiger partial charge is 0.352 e. The molecular formula is C20H20N2O. The number of carbonyl (C=O) groups excluding carboxylic acids is 1. The van der Waals surface area contributed by atoms with E-state index in [1.807, 2.05) is 54.7 Å². The monoisotopic (exact) mass is 304 g/mol. The summed E-state index contributed by atoms with van der Waals surface area (Å²) in [6.07, 6.45) is 3.93. The van der Waals surface area contributed by atoms with Gasteiger partial charge in [-0.05, 0) is 36.2 Å². The van der Waals surface area contributed by atoms with Crippen molar-refractivity contribution < 1.29 is 4.79 Å². The molecule has 0 unspecified atom stereocenters. The second kappa shape index (κ2) is 7.05. The molecule has 1 amide bonds. The van der Waals surface area contributed by atoms with Gasteiger partial charge in [0.1, 0.15) is 0 Å². The minimum atomic E-state index is -0.0194. The number of hydrogen-bond acceptors (Lipinski definition) is 2. The zero-order valence-corrected chi connectivity index (χ0v) is 13.3. The molecule has 0 saturated heterocycles. The third-order valence-electron chi connectivity index (χ3n) is 3.86. The first kappa shape index (κ1) is 15.2. The first-order valence-corrected chi connectivity index (χ1v) is 8.01. The van der Waals surface area contributed by atoms with Gasteiger partial charge in [-0.25, -0.2) is 0 Å². The van der Waals surface area contributed by atoms with Crippen LogP contribution >= 0.6 is 0 Å². The molecule has 0 bridgehead atoms. The van der Waals surface area contributed by atoms with E-state index in [0.717, 1.165) is 41.4 Å². The Morgan fingerprint density at radius 1 is 1.04 bits per heavy atom. The smallest absolute Gasteiger partial charge is 0.251 e. The summed E-state index contributed by atoms with van der Waals surface area (Å²) in [7, 11) is 0. The Bertz CT molecular complexity index is 826. The Hall–Kier alpha value is -2.68. The van der Waals surface area contributed by atoms with Gasteiger partial charge in [-0.3, -0.25) is 9.78 Å². The van der Waals surface area contributed by atoms with Crippen molar-refractivity contribution in [1.29, 1.82) is 0 Å². The van der Waals surface area contributed by atoms with Crippen LogP contribution in [0.2, 0.25) is 0 Å². The molecule has 3 aromatic rings. The number of benzene rings is 2. The van der Waals surface area contributed by atoms with Crippen molar-refractivity contribution >= 4 is 16.8 Å². The van der Waals surface area contributed by atoms with Gasteiger partial charge in [0.15, 0.2) is 0 Å². The molecule has 0 aliphatic heterocycles. The number of amides is 1. The Morgan fingerprint density at radius 2 is 1.91 bits per heavy atom. The highest BCUT2D eigenvalue weighted by molar-refractivity contribution is 5.95. The molecule has 0 spiro atoms. The number of pyridine rings is 1. The van der Waals surface area contributed by atoms with Crippen LogP contribution in [0.4, 0.5) is 0 Å². The van der Waals surface area contributed by atoms with Crippen molar-refractivity contribution in [2.24, 2.45) is 0 Å². The maximum Gasteiger partial charge on any atom is 0.251 e. The molecule has 0 saturated carbocycles. The standard InChI is InChI=1S/C20H20N2O/c1-2-3-11-21-20(23)17-9-6-8-15(12-17)18-13-16-7-4-5-10-19(16)22-14-18/h4-10,12-14H,2-3,11H2,1H3,(H,21,23). The summed E-state index contributed by atoms with van der Waals surface area (Å²) < 4.78 is 0. The molecule has 23 heavy (non-hydrogen) atoms. The summed E-state index contributed by atoms with van der Waals surface area (Å²) in [6, 6.07) is 17.8. The van der Waals surface area contributed by atoms with Crippen molar-refractivity contribution in [2.45, 2.75) is 19.8 Å². The van der Waals surface area contributed by atoms with Gasteiger partial charge in [-0.1, -0.05) is 43.7 Å². The van der Waals surface area contributed by atoms with E-state index in [1.54, 1.807) is 0 Å². The number of nitrogens with zero attached hydrogens (tertiary/aromatic N) is 1. The fourth-order valence-electron chi connectivity index (χ4n) is 2.55. The average molecular weight is 304 g/mol. The zero-order chi connectivity index (χ0) is 16.1. The Balaban J connectivity index is 1.87. The molecule has 0 atom stereocenters. The Labute approximate surface area is 136 Å². The van der Waals surface area contributed by atoms with Crippen LogP contribution in [0.5, 0.6) is 0 Å². The van der Waals surface area contributed by atoms with Crippen LogP contribution in [0.3, 0.4) is 0 Å². The van der Waals surface area contributed by atoms with E-state index in [9.17, 15) is 4.79 Å². The molecule has 3 heteroatoms. The normalized spacial score (nSPS) is 10.7. The quantitative estimate of drug-likeness (QED) is 0.708. The van der Waals surface area contributed by atoms with Gasteiger partial charge in [-0.2, -0.15) is 0 Å². The minimum Gasteiger partial charge on any atom is -0.352 e. The molecule has 0 fully saturated rings. The lowest BCUT2D eigenvalue weighted by Gasteiger charge is -2.07. The van der Waals surface area contributed by atoms with Gasteiger partial charge in [0.2, 0.25) is 0 Å². The van der Waals surface area contributed by atoms with E-state index in [2.05, 4.69) is 23.3 Å². The predicted molar refractivity (Wildman–Crippen MR) is 94.4 cm³/mol. The lowest BCUT2D eigenvalue weighted by molar-refractivity contribution is 0.0953. The summed E-state index contributed by atoms with van der Waals surface area (Å²) >= 11 is 0. The number of hydrogen-bond donors (Lipinski definition) is 1. The van der Waals surface area contributed by atoms with Gasteiger partial charge < -0.3 is 5.32 Å². The Kier molecular flexibility index (Phi) is 4.67. The average Bonchev–Trinajstić information content (AvgIpc) is 2.61.